The highest BCUT2D eigenvalue weighted by Crippen LogP contribution is 2.22. The number of benzene rings is 1. The van der Waals surface area contributed by atoms with Crippen molar-refractivity contribution in [1.29, 1.82) is 5.26 Å². The molecule has 0 saturated heterocycles. The zero-order valence-electron chi connectivity index (χ0n) is 8.08. The van der Waals surface area contributed by atoms with Crippen molar-refractivity contribution in [2.75, 3.05) is 6.54 Å². The van der Waals surface area contributed by atoms with Crippen molar-refractivity contribution in [3.05, 3.63) is 29.3 Å². The molecule has 0 aromatic heterocycles. The number of fused-ring (bicyclic) bond motifs is 1. The summed E-state index contributed by atoms with van der Waals surface area (Å²) < 4.78 is 5.68. The van der Waals surface area contributed by atoms with Crippen LogP contribution in [0.5, 0.6) is 5.75 Å². The Hall–Kier alpha value is -1.53. The molecule has 1 unspecified atom stereocenters. The molecule has 0 amide bonds. The molecule has 1 aromatic rings. The number of nitrogens with zero attached hydrogens (tertiary/aromatic N) is 1. The van der Waals surface area contributed by atoms with Gasteiger partial charge in [0.05, 0.1) is 11.6 Å². The third-order valence-electron chi connectivity index (χ3n) is 2.26. The Kier molecular flexibility index (Phi) is 2.38. The standard InChI is InChI=1S/C11H12N2O/c1-8-6-13-7-10-4-9(5-12)2-3-11(10)14-8/h2-4,8,13H,6-7H2,1H3. The van der Waals surface area contributed by atoms with Gasteiger partial charge in [0.1, 0.15) is 11.9 Å². The Morgan fingerprint density at radius 1 is 1.57 bits per heavy atom. The average molecular weight is 188 g/mol. The summed E-state index contributed by atoms with van der Waals surface area (Å²) in [6.45, 7) is 3.64. The molecule has 2 rings (SSSR count). The lowest BCUT2D eigenvalue weighted by molar-refractivity contribution is 0.226. The van der Waals surface area contributed by atoms with E-state index in [1.54, 1.807) is 6.07 Å². The lowest BCUT2D eigenvalue weighted by Crippen LogP contribution is -2.24. The van der Waals surface area contributed by atoms with Crippen molar-refractivity contribution < 1.29 is 4.74 Å². The van der Waals surface area contributed by atoms with Crippen LogP contribution in [0.2, 0.25) is 0 Å². The molecule has 1 aliphatic rings. The fourth-order valence-corrected chi connectivity index (χ4v) is 1.57. The SMILES string of the molecule is CC1CNCc2cc(C#N)ccc2O1. The van der Waals surface area contributed by atoms with Crippen LogP contribution in [0.4, 0.5) is 0 Å². The van der Waals surface area contributed by atoms with E-state index in [4.69, 9.17) is 10.00 Å². The van der Waals surface area contributed by atoms with E-state index in [1.807, 2.05) is 19.1 Å². The van der Waals surface area contributed by atoms with Crippen molar-refractivity contribution in [2.45, 2.75) is 19.6 Å². The topological polar surface area (TPSA) is 45.0 Å². The van der Waals surface area contributed by atoms with Gasteiger partial charge in [0.15, 0.2) is 0 Å². The van der Waals surface area contributed by atoms with Gasteiger partial charge >= 0.3 is 0 Å². The highest BCUT2D eigenvalue weighted by molar-refractivity contribution is 5.42. The van der Waals surface area contributed by atoms with Crippen LogP contribution in [-0.4, -0.2) is 12.6 Å². The van der Waals surface area contributed by atoms with Crippen LogP contribution >= 0.6 is 0 Å². The molecule has 0 saturated carbocycles. The Balaban J connectivity index is 2.37. The van der Waals surface area contributed by atoms with E-state index in [9.17, 15) is 0 Å². The van der Waals surface area contributed by atoms with E-state index in [0.29, 0.717) is 5.56 Å². The van der Waals surface area contributed by atoms with Crippen LogP contribution in [0.25, 0.3) is 0 Å². The van der Waals surface area contributed by atoms with E-state index in [2.05, 4.69) is 11.4 Å². The van der Waals surface area contributed by atoms with Crippen LogP contribution in [0.1, 0.15) is 18.1 Å². The number of ether oxygens (including phenoxy) is 1. The zero-order chi connectivity index (χ0) is 9.97. The first kappa shape index (κ1) is 9.04. The van der Waals surface area contributed by atoms with Crippen LogP contribution < -0.4 is 10.1 Å². The number of rotatable bonds is 0. The molecule has 1 N–H and O–H groups in total. The van der Waals surface area contributed by atoms with E-state index >= 15 is 0 Å². The minimum absolute atomic E-state index is 0.184. The van der Waals surface area contributed by atoms with E-state index in [1.165, 1.54) is 0 Å². The lowest BCUT2D eigenvalue weighted by atomic mass is 10.1. The second-order valence-electron chi connectivity index (χ2n) is 3.49. The second kappa shape index (κ2) is 3.69. The molecular weight excluding hydrogens is 176 g/mol. The summed E-state index contributed by atoms with van der Waals surface area (Å²) in [7, 11) is 0. The summed E-state index contributed by atoms with van der Waals surface area (Å²) in [5, 5.41) is 12.0. The summed E-state index contributed by atoms with van der Waals surface area (Å²) in [5.41, 5.74) is 1.75. The summed E-state index contributed by atoms with van der Waals surface area (Å²) in [5.74, 6) is 0.890. The lowest BCUT2D eigenvalue weighted by Gasteiger charge is -2.11. The molecule has 0 spiro atoms. The molecule has 1 aromatic carbocycles. The minimum Gasteiger partial charge on any atom is -0.489 e. The Bertz CT molecular complexity index is 381. The molecule has 0 bridgehead atoms. The number of hydrogen-bond donors (Lipinski definition) is 1. The molecule has 1 heterocycles. The normalized spacial score (nSPS) is 20.1. The van der Waals surface area contributed by atoms with Gasteiger partial charge in [0, 0.05) is 18.7 Å². The maximum absolute atomic E-state index is 8.75. The van der Waals surface area contributed by atoms with Crippen molar-refractivity contribution in [3.8, 4) is 11.8 Å². The molecule has 0 fully saturated rings. The fraction of sp³-hybridized carbons (Fsp3) is 0.364. The van der Waals surface area contributed by atoms with Crippen LogP contribution in [0, 0.1) is 11.3 Å². The van der Waals surface area contributed by atoms with Gasteiger partial charge in [-0.2, -0.15) is 5.26 Å². The third kappa shape index (κ3) is 1.70. The molecular formula is C11H12N2O. The molecule has 3 heteroatoms. The van der Waals surface area contributed by atoms with Gasteiger partial charge in [-0.1, -0.05) is 0 Å². The highest BCUT2D eigenvalue weighted by Gasteiger charge is 2.13. The zero-order valence-corrected chi connectivity index (χ0v) is 8.08. The largest absolute Gasteiger partial charge is 0.489 e. The first-order chi connectivity index (χ1) is 6.79. The van der Waals surface area contributed by atoms with Crippen LogP contribution in [-0.2, 0) is 6.54 Å². The van der Waals surface area contributed by atoms with Gasteiger partial charge in [-0.05, 0) is 25.1 Å². The second-order valence-corrected chi connectivity index (χ2v) is 3.49. The Morgan fingerprint density at radius 3 is 3.21 bits per heavy atom. The molecule has 1 atom stereocenters. The minimum atomic E-state index is 0.184. The molecule has 14 heavy (non-hydrogen) atoms. The van der Waals surface area contributed by atoms with E-state index in [0.717, 1.165) is 24.4 Å². The first-order valence-corrected chi connectivity index (χ1v) is 4.70. The van der Waals surface area contributed by atoms with Gasteiger partial charge in [0.2, 0.25) is 0 Å². The molecule has 0 radical (unpaired) electrons. The monoisotopic (exact) mass is 188 g/mol. The quantitative estimate of drug-likeness (QED) is 0.669. The average Bonchev–Trinajstić information content (AvgIpc) is 2.37. The summed E-state index contributed by atoms with van der Waals surface area (Å²) in [4.78, 5) is 0. The molecule has 0 aliphatic carbocycles. The van der Waals surface area contributed by atoms with Gasteiger partial charge in [-0.25, -0.2) is 0 Å². The highest BCUT2D eigenvalue weighted by atomic mass is 16.5. The van der Waals surface area contributed by atoms with Gasteiger partial charge in [0.25, 0.3) is 0 Å². The van der Waals surface area contributed by atoms with Crippen molar-refractivity contribution in [1.82, 2.24) is 5.32 Å². The van der Waals surface area contributed by atoms with Crippen LogP contribution in [0.3, 0.4) is 0 Å². The fourth-order valence-electron chi connectivity index (χ4n) is 1.57. The Labute approximate surface area is 83.3 Å². The Morgan fingerprint density at radius 2 is 2.43 bits per heavy atom. The third-order valence-corrected chi connectivity index (χ3v) is 2.26. The maximum Gasteiger partial charge on any atom is 0.124 e. The van der Waals surface area contributed by atoms with Crippen molar-refractivity contribution in [2.24, 2.45) is 0 Å². The summed E-state index contributed by atoms with van der Waals surface area (Å²) >= 11 is 0. The summed E-state index contributed by atoms with van der Waals surface area (Å²) in [6.07, 6.45) is 0.184. The number of nitrogens with one attached hydrogen (secondary N) is 1. The van der Waals surface area contributed by atoms with Gasteiger partial charge in [-0.3, -0.25) is 0 Å². The molecule has 3 nitrogen and oxygen atoms in total. The first-order valence-electron chi connectivity index (χ1n) is 4.70. The predicted octanol–water partition coefficient (Wildman–Crippen LogP) is 1.43. The maximum atomic E-state index is 8.75. The van der Waals surface area contributed by atoms with Crippen molar-refractivity contribution in [3.63, 3.8) is 0 Å². The van der Waals surface area contributed by atoms with Crippen molar-refractivity contribution >= 4 is 0 Å². The van der Waals surface area contributed by atoms with Gasteiger partial charge in [-0.15, -0.1) is 0 Å². The van der Waals surface area contributed by atoms with Gasteiger partial charge < -0.3 is 10.1 Å². The number of hydrogen-bond acceptors (Lipinski definition) is 3. The predicted molar refractivity (Wildman–Crippen MR) is 53.0 cm³/mol. The number of nitriles is 1. The molecule has 72 valence electrons. The van der Waals surface area contributed by atoms with E-state index < -0.39 is 0 Å². The van der Waals surface area contributed by atoms with E-state index in [-0.39, 0.29) is 6.10 Å². The molecule has 1 aliphatic heterocycles. The summed E-state index contributed by atoms with van der Waals surface area (Å²) in [6, 6.07) is 7.66. The van der Waals surface area contributed by atoms with Crippen LogP contribution in [0.15, 0.2) is 18.2 Å². The smallest absolute Gasteiger partial charge is 0.124 e.